The Bertz CT molecular complexity index is 277. The second kappa shape index (κ2) is 5.82. The molecule has 90 valence electrons. The zero-order chi connectivity index (χ0) is 11.3. The van der Waals surface area contributed by atoms with Gasteiger partial charge in [-0.1, -0.05) is 13.3 Å². The standard InChI is InChI=1S/C10H22N2O2S/c1-3-7-15(13,14)11-8-10-6-4-5-9(2)12-10/h9-12H,3-8H2,1-2H3. The van der Waals surface area contributed by atoms with Gasteiger partial charge in [-0.3, -0.25) is 0 Å². The van der Waals surface area contributed by atoms with E-state index in [0.29, 0.717) is 25.0 Å². The summed E-state index contributed by atoms with van der Waals surface area (Å²) in [5, 5.41) is 3.40. The fraction of sp³-hybridized carbons (Fsp3) is 1.00. The van der Waals surface area contributed by atoms with Crippen LogP contribution in [0.2, 0.25) is 0 Å². The summed E-state index contributed by atoms with van der Waals surface area (Å²) in [6.07, 6.45) is 4.12. The molecule has 0 bridgehead atoms. The van der Waals surface area contributed by atoms with Crippen molar-refractivity contribution < 1.29 is 8.42 Å². The highest BCUT2D eigenvalue weighted by Crippen LogP contribution is 2.11. The van der Waals surface area contributed by atoms with Gasteiger partial charge in [0, 0.05) is 18.6 Å². The first-order valence-corrected chi connectivity index (χ1v) is 7.42. The number of rotatable bonds is 5. The van der Waals surface area contributed by atoms with Crippen molar-refractivity contribution in [1.82, 2.24) is 10.0 Å². The van der Waals surface area contributed by atoms with Crippen LogP contribution in [0.25, 0.3) is 0 Å². The maximum absolute atomic E-state index is 11.4. The van der Waals surface area contributed by atoms with Gasteiger partial charge >= 0.3 is 0 Å². The van der Waals surface area contributed by atoms with Crippen LogP contribution >= 0.6 is 0 Å². The van der Waals surface area contributed by atoms with Gasteiger partial charge in [-0.15, -0.1) is 0 Å². The maximum atomic E-state index is 11.4. The number of hydrogen-bond acceptors (Lipinski definition) is 3. The van der Waals surface area contributed by atoms with E-state index in [0.717, 1.165) is 6.42 Å². The second-order valence-corrected chi connectivity index (χ2v) is 6.29. The topological polar surface area (TPSA) is 58.2 Å². The van der Waals surface area contributed by atoms with E-state index in [9.17, 15) is 8.42 Å². The first-order valence-electron chi connectivity index (χ1n) is 5.77. The molecular weight excluding hydrogens is 212 g/mol. The Balaban J connectivity index is 2.30. The molecule has 0 aliphatic carbocycles. The number of sulfonamides is 1. The highest BCUT2D eigenvalue weighted by molar-refractivity contribution is 7.89. The van der Waals surface area contributed by atoms with E-state index in [-0.39, 0.29) is 5.75 Å². The summed E-state index contributed by atoms with van der Waals surface area (Å²) in [4.78, 5) is 0. The summed E-state index contributed by atoms with van der Waals surface area (Å²) in [5.74, 6) is 0.231. The molecule has 2 atom stereocenters. The summed E-state index contributed by atoms with van der Waals surface area (Å²) in [5.41, 5.74) is 0. The van der Waals surface area contributed by atoms with Gasteiger partial charge in [-0.2, -0.15) is 0 Å². The SMILES string of the molecule is CCCS(=O)(=O)NCC1CCCC(C)N1. The van der Waals surface area contributed by atoms with Crippen molar-refractivity contribution in [2.45, 2.75) is 51.6 Å². The minimum Gasteiger partial charge on any atom is -0.310 e. The normalized spacial score (nSPS) is 27.9. The second-order valence-electron chi connectivity index (χ2n) is 4.36. The summed E-state index contributed by atoms with van der Waals surface area (Å²) in [6.45, 7) is 4.56. The van der Waals surface area contributed by atoms with Crippen LogP contribution < -0.4 is 10.0 Å². The van der Waals surface area contributed by atoms with E-state index in [1.54, 1.807) is 0 Å². The largest absolute Gasteiger partial charge is 0.310 e. The lowest BCUT2D eigenvalue weighted by Gasteiger charge is -2.28. The Morgan fingerprint density at radius 2 is 2.13 bits per heavy atom. The molecular formula is C10H22N2O2S. The molecule has 4 nitrogen and oxygen atoms in total. The van der Waals surface area contributed by atoms with Gasteiger partial charge in [0.2, 0.25) is 10.0 Å². The van der Waals surface area contributed by atoms with Crippen LogP contribution in [0.1, 0.15) is 39.5 Å². The van der Waals surface area contributed by atoms with Gasteiger partial charge in [-0.25, -0.2) is 13.1 Å². The van der Waals surface area contributed by atoms with Crippen molar-refractivity contribution >= 4 is 10.0 Å². The minimum atomic E-state index is -3.04. The summed E-state index contributed by atoms with van der Waals surface area (Å²) < 4.78 is 25.5. The van der Waals surface area contributed by atoms with Gasteiger partial charge in [0.1, 0.15) is 0 Å². The average Bonchev–Trinajstić information content (AvgIpc) is 2.15. The number of nitrogens with one attached hydrogen (secondary N) is 2. The third-order valence-corrected chi connectivity index (χ3v) is 4.28. The molecule has 0 amide bonds. The molecule has 1 saturated heterocycles. The molecule has 0 aromatic heterocycles. The van der Waals surface area contributed by atoms with Crippen LogP contribution in [-0.4, -0.2) is 32.8 Å². The zero-order valence-electron chi connectivity index (χ0n) is 9.62. The van der Waals surface area contributed by atoms with Gasteiger partial charge in [0.05, 0.1) is 5.75 Å². The first-order chi connectivity index (χ1) is 7.03. The first kappa shape index (κ1) is 12.9. The van der Waals surface area contributed by atoms with Crippen molar-refractivity contribution in [2.75, 3.05) is 12.3 Å². The highest BCUT2D eigenvalue weighted by Gasteiger charge is 2.19. The quantitative estimate of drug-likeness (QED) is 0.741. The highest BCUT2D eigenvalue weighted by atomic mass is 32.2. The van der Waals surface area contributed by atoms with E-state index >= 15 is 0 Å². The molecule has 1 rings (SSSR count). The third kappa shape index (κ3) is 4.95. The fourth-order valence-electron chi connectivity index (χ4n) is 1.97. The molecule has 5 heteroatoms. The van der Waals surface area contributed by atoms with Gasteiger partial charge in [0.15, 0.2) is 0 Å². The van der Waals surface area contributed by atoms with Crippen LogP contribution in [0.5, 0.6) is 0 Å². The van der Waals surface area contributed by atoms with Crippen LogP contribution in [0.3, 0.4) is 0 Å². The van der Waals surface area contributed by atoms with Crippen LogP contribution in [0, 0.1) is 0 Å². The Morgan fingerprint density at radius 3 is 2.73 bits per heavy atom. The molecule has 0 spiro atoms. The van der Waals surface area contributed by atoms with Crippen molar-refractivity contribution in [3.05, 3.63) is 0 Å². The zero-order valence-corrected chi connectivity index (χ0v) is 10.4. The number of hydrogen-bond donors (Lipinski definition) is 2. The molecule has 2 N–H and O–H groups in total. The van der Waals surface area contributed by atoms with E-state index in [2.05, 4.69) is 17.0 Å². The molecule has 0 radical (unpaired) electrons. The van der Waals surface area contributed by atoms with Gasteiger partial charge < -0.3 is 5.32 Å². The molecule has 0 aromatic carbocycles. The monoisotopic (exact) mass is 234 g/mol. The fourth-order valence-corrected chi connectivity index (χ4v) is 3.11. The molecule has 0 saturated carbocycles. The Labute approximate surface area is 92.9 Å². The van der Waals surface area contributed by atoms with Gasteiger partial charge in [-0.05, 0) is 26.2 Å². The number of piperidine rings is 1. The van der Waals surface area contributed by atoms with E-state index in [1.807, 2.05) is 6.92 Å². The third-order valence-electron chi connectivity index (χ3n) is 2.73. The Kier molecular flexibility index (Phi) is 5.02. The summed E-state index contributed by atoms with van der Waals surface area (Å²) >= 11 is 0. The Hall–Kier alpha value is -0.130. The van der Waals surface area contributed by atoms with E-state index in [1.165, 1.54) is 12.8 Å². The summed E-state index contributed by atoms with van der Waals surface area (Å²) in [7, 11) is -3.04. The Morgan fingerprint density at radius 1 is 1.40 bits per heavy atom. The smallest absolute Gasteiger partial charge is 0.211 e. The lowest BCUT2D eigenvalue weighted by molar-refractivity contribution is 0.334. The molecule has 1 fully saturated rings. The van der Waals surface area contributed by atoms with E-state index in [4.69, 9.17) is 0 Å². The lowest BCUT2D eigenvalue weighted by Crippen LogP contribution is -2.47. The molecule has 15 heavy (non-hydrogen) atoms. The van der Waals surface area contributed by atoms with Crippen LogP contribution in [0.15, 0.2) is 0 Å². The molecule has 2 unspecified atom stereocenters. The molecule has 1 aliphatic rings. The maximum Gasteiger partial charge on any atom is 0.211 e. The van der Waals surface area contributed by atoms with Crippen LogP contribution in [-0.2, 0) is 10.0 Å². The average molecular weight is 234 g/mol. The van der Waals surface area contributed by atoms with E-state index < -0.39 is 10.0 Å². The predicted molar refractivity (Wildman–Crippen MR) is 62.3 cm³/mol. The van der Waals surface area contributed by atoms with Crippen LogP contribution in [0.4, 0.5) is 0 Å². The molecule has 0 aromatic rings. The van der Waals surface area contributed by atoms with Gasteiger partial charge in [0.25, 0.3) is 0 Å². The predicted octanol–water partition coefficient (Wildman–Crippen LogP) is 0.846. The van der Waals surface area contributed by atoms with Crippen molar-refractivity contribution in [3.63, 3.8) is 0 Å². The summed E-state index contributed by atoms with van der Waals surface area (Å²) in [6, 6.07) is 0.819. The minimum absolute atomic E-state index is 0.231. The lowest BCUT2D eigenvalue weighted by atomic mass is 10.00. The molecule has 1 aliphatic heterocycles. The van der Waals surface area contributed by atoms with Crippen molar-refractivity contribution in [2.24, 2.45) is 0 Å². The van der Waals surface area contributed by atoms with Crippen molar-refractivity contribution in [3.8, 4) is 0 Å². The molecule has 1 heterocycles. The van der Waals surface area contributed by atoms with Crippen molar-refractivity contribution in [1.29, 1.82) is 0 Å².